The van der Waals surface area contributed by atoms with E-state index < -0.39 is 29.0 Å². The first-order chi connectivity index (χ1) is 13.4. The van der Waals surface area contributed by atoms with Crippen molar-refractivity contribution in [3.8, 4) is 0 Å². The second-order valence-corrected chi connectivity index (χ2v) is 7.33. The lowest BCUT2D eigenvalue weighted by atomic mass is 10.0. The normalized spacial score (nSPS) is 19.1. The summed E-state index contributed by atoms with van der Waals surface area (Å²) in [6.45, 7) is 0. The summed E-state index contributed by atoms with van der Waals surface area (Å²) in [7, 11) is 1.76. The minimum absolute atomic E-state index is 0.0534. The van der Waals surface area contributed by atoms with Crippen LogP contribution >= 0.6 is 11.6 Å². The van der Waals surface area contributed by atoms with Gasteiger partial charge >= 0.3 is 0 Å². The standard InChI is InChI=1S/C18H14ClF2N5O2/c1-25-6-22-13-11(25)5-9(20)14(12(13)7-2-3-7)26-16-8(17(27)24-18(26)28)4-10(21)15(19)23-16/h4-7,18,28H,2-3H2,1H3,(H,24,27). The van der Waals surface area contributed by atoms with Gasteiger partial charge in [0.25, 0.3) is 5.91 Å². The van der Waals surface area contributed by atoms with Gasteiger partial charge in [-0.1, -0.05) is 11.6 Å². The Hall–Kier alpha value is -2.78. The monoisotopic (exact) mass is 405 g/mol. The number of carbonyl (C=O) groups excluding carboxylic acids is 1. The fourth-order valence-corrected chi connectivity index (χ4v) is 3.80. The van der Waals surface area contributed by atoms with Crippen LogP contribution in [0.25, 0.3) is 11.0 Å². The highest BCUT2D eigenvalue weighted by Gasteiger charge is 2.40. The average molecular weight is 406 g/mol. The fraction of sp³-hybridized carbons (Fsp3) is 0.278. The van der Waals surface area contributed by atoms with Crippen LogP contribution in [0.5, 0.6) is 0 Å². The van der Waals surface area contributed by atoms with E-state index in [2.05, 4.69) is 15.3 Å². The van der Waals surface area contributed by atoms with E-state index in [1.807, 2.05) is 0 Å². The molecule has 1 saturated carbocycles. The maximum Gasteiger partial charge on any atom is 0.258 e. The SMILES string of the molecule is Cn1cnc2c(C3CC3)c(N3c4nc(Cl)c(F)cc4C(=O)NC3O)c(F)cc21. The van der Waals surface area contributed by atoms with Gasteiger partial charge in [-0.05, 0) is 24.8 Å². The molecule has 0 spiro atoms. The Bertz CT molecular complexity index is 1160. The van der Waals surface area contributed by atoms with Crippen LogP contribution in [0.4, 0.5) is 20.3 Å². The lowest BCUT2D eigenvalue weighted by Gasteiger charge is -2.36. The van der Waals surface area contributed by atoms with E-state index in [1.54, 1.807) is 17.9 Å². The van der Waals surface area contributed by atoms with Crippen molar-refractivity contribution in [3.63, 3.8) is 0 Å². The number of benzene rings is 1. The first-order valence-corrected chi connectivity index (χ1v) is 9.02. The molecule has 3 heterocycles. The van der Waals surface area contributed by atoms with Crippen LogP contribution in [0.1, 0.15) is 34.7 Å². The van der Waals surface area contributed by atoms with Gasteiger partial charge in [0.05, 0.1) is 28.6 Å². The zero-order chi connectivity index (χ0) is 19.7. The van der Waals surface area contributed by atoms with Crippen LogP contribution in [-0.2, 0) is 7.05 Å². The summed E-state index contributed by atoms with van der Waals surface area (Å²) in [5.41, 5.74) is 1.76. The zero-order valence-electron chi connectivity index (χ0n) is 14.6. The number of fused-ring (bicyclic) bond motifs is 2. The predicted octanol–water partition coefficient (Wildman–Crippen LogP) is 2.93. The molecule has 0 bridgehead atoms. The number of halogens is 3. The van der Waals surface area contributed by atoms with Gasteiger partial charge in [-0.2, -0.15) is 0 Å². The molecule has 1 fully saturated rings. The highest BCUT2D eigenvalue weighted by Crippen LogP contribution is 2.50. The Morgan fingerprint density at radius 2 is 2.04 bits per heavy atom. The number of amides is 1. The molecule has 144 valence electrons. The molecular formula is C18H14ClF2N5O2. The summed E-state index contributed by atoms with van der Waals surface area (Å²) < 4.78 is 30.9. The van der Waals surface area contributed by atoms with Crippen molar-refractivity contribution < 1.29 is 18.7 Å². The van der Waals surface area contributed by atoms with Crippen molar-refractivity contribution >= 4 is 40.0 Å². The van der Waals surface area contributed by atoms with Crippen LogP contribution in [-0.4, -0.2) is 31.9 Å². The van der Waals surface area contributed by atoms with Crippen molar-refractivity contribution in [2.45, 2.75) is 25.1 Å². The quantitative estimate of drug-likeness (QED) is 0.640. The third-order valence-electron chi connectivity index (χ3n) is 5.10. The Kier molecular flexibility index (Phi) is 3.62. The highest BCUT2D eigenvalue weighted by molar-refractivity contribution is 6.29. The molecule has 7 nitrogen and oxygen atoms in total. The van der Waals surface area contributed by atoms with Crippen molar-refractivity contribution in [1.29, 1.82) is 0 Å². The van der Waals surface area contributed by atoms with Crippen LogP contribution < -0.4 is 10.2 Å². The number of nitrogens with one attached hydrogen (secondary N) is 1. The molecule has 5 rings (SSSR count). The number of hydrogen-bond donors (Lipinski definition) is 2. The minimum atomic E-state index is -1.60. The molecule has 10 heteroatoms. The van der Waals surface area contributed by atoms with Gasteiger partial charge in [0.15, 0.2) is 16.8 Å². The van der Waals surface area contributed by atoms with Gasteiger partial charge in [-0.25, -0.2) is 18.7 Å². The Morgan fingerprint density at radius 3 is 2.75 bits per heavy atom. The third kappa shape index (κ3) is 2.39. The maximum atomic E-state index is 15.3. The number of carbonyl (C=O) groups is 1. The highest BCUT2D eigenvalue weighted by atomic mass is 35.5. The molecule has 2 aliphatic rings. The van der Waals surface area contributed by atoms with E-state index in [0.29, 0.717) is 16.6 Å². The lowest BCUT2D eigenvalue weighted by molar-refractivity contribution is 0.0766. The van der Waals surface area contributed by atoms with Gasteiger partial charge in [-0.15, -0.1) is 0 Å². The van der Waals surface area contributed by atoms with Crippen molar-refractivity contribution in [1.82, 2.24) is 19.9 Å². The number of nitrogens with zero attached hydrogens (tertiary/aromatic N) is 4. The van der Waals surface area contributed by atoms with Gasteiger partial charge in [0.2, 0.25) is 6.35 Å². The Balaban J connectivity index is 1.82. The van der Waals surface area contributed by atoms with E-state index in [4.69, 9.17) is 11.6 Å². The van der Waals surface area contributed by atoms with Crippen LogP contribution in [0, 0.1) is 11.6 Å². The van der Waals surface area contributed by atoms with Gasteiger partial charge < -0.3 is 15.0 Å². The Morgan fingerprint density at radius 1 is 1.29 bits per heavy atom. The molecule has 1 aliphatic carbocycles. The zero-order valence-corrected chi connectivity index (χ0v) is 15.3. The number of hydrogen-bond acceptors (Lipinski definition) is 5. The summed E-state index contributed by atoms with van der Waals surface area (Å²) in [6.07, 6.45) is 1.69. The molecule has 28 heavy (non-hydrogen) atoms. The van der Waals surface area contributed by atoms with Gasteiger partial charge in [0.1, 0.15) is 5.82 Å². The van der Waals surface area contributed by atoms with Crippen molar-refractivity contribution in [2.24, 2.45) is 7.05 Å². The molecule has 1 aliphatic heterocycles. The number of rotatable bonds is 2. The average Bonchev–Trinajstić information content (AvgIpc) is 3.41. The number of aryl methyl sites for hydroxylation is 1. The summed E-state index contributed by atoms with van der Waals surface area (Å²) >= 11 is 5.81. The number of imidazole rings is 1. The van der Waals surface area contributed by atoms with E-state index in [-0.39, 0.29) is 23.0 Å². The molecule has 0 saturated heterocycles. The minimum Gasteiger partial charge on any atom is -0.356 e. The molecule has 3 aromatic rings. The predicted molar refractivity (Wildman–Crippen MR) is 97.5 cm³/mol. The number of aliphatic hydroxyl groups excluding tert-OH is 1. The first-order valence-electron chi connectivity index (χ1n) is 8.64. The van der Waals surface area contributed by atoms with E-state index in [9.17, 15) is 14.3 Å². The van der Waals surface area contributed by atoms with Gasteiger partial charge in [0, 0.05) is 18.7 Å². The lowest BCUT2D eigenvalue weighted by Crippen LogP contribution is -2.51. The van der Waals surface area contributed by atoms with Gasteiger partial charge in [-0.3, -0.25) is 9.69 Å². The molecule has 1 aromatic carbocycles. The molecule has 1 atom stereocenters. The number of aliphatic hydroxyl groups is 1. The van der Waals surface area contributed by atoms with E-state index in [1.165, 1.54) is 6.07 Å². The molecular weight excluding hydrogens is 392 g/mol. The van der Waals surface area contributed by atoms with E-state index in [0.717, 1.165) is 23.8 Å². The summed E-state index contributed by atoms with van der Waals surface area (Å²) in [5.74, 6) is -2.27. The summed E-state index contributed by atoms with van der Waals surface area (Å²) in [4.78, 5) is 21.7. The second kappa shape index (κ2) is 5.86. The Labute approximate surface area is 162 Å². The van der Waals surface area contributed by atoms with Crippen molar-refractivity contribution in [3.05, 3.63) is 46.4 Å². The smallest absolute Gasteiger partial charge is 0.258 e. The van der Waals surface area contributed by atoms with Crippen LogP contribution in [0.15, 0.2) is 18.5 Å². The second-order valence-electron chi connectivity index (χ2n) is 6.97. The molecule has 0 radical (unpaired) electrons. The van der Waals surface area contributed by atoms with Crippen molar-refractivity contribution in [2.75, 3.05) is 4.90 Å². The largest absolute Gasteiger partial charge is 0.356 e. The molecule has 2 aromatic heterocycles. The van der Waals surface area contributed by atoms with Crippen LogP contribution in [0.2, 0.25) is 5.15 Å². The first kappa shape index (κ1) is 17.3. The fourth-order valence-electron chi connectivity index (χ4n) is 3.66. The molecule has 2 N–H and O–H groups in total. The maximum absolute atomic E-state index is 15.3. The van der Waals surface area contributed by atoms with Crippen LogP contribution in [0.3, 0.4) is 0 Å². The summed E-state index contributed by atoms with van der Waals surface area (Å²) in [6, 6.07) is 2.24. The molecule has 1 unspecified atom stereocenters. The number of aromatic nitrogens is 3. The third-order valence-corrected chi connectivity index (χ3v) is 5.36. The topological polar surface area (TPSA) is 83.3 Å². The number of pyridine rings is 1. The number of anilines is 2. The molecule has 1 amide bonds. The summed E-state index contributed by atoms with van der Waals surface area (Å²) in [5, 5.41) is 12.4. The van der Waals surface area contributed by atoms with E-state index >= 15 is 4.39 Å².